The molecule has 0 spiro atoms. The minimum atomic E-state index is 0. The third kappa shape index (κ3) is 2.61. The maximum Gasteiger partial charge on any atom is 0.0489 e. The van der Waals surface area contributed by atoms with E-state index in [1.165, 1.54) is 31.2 Å². The van der Waals surface area contributed by atoms with Crippen molar-refractivity contribution in [3.63, 3.8) is 0 Å². The molecule has 14 heavy (non-hydrogen) atoms. The predicted octanol–water partition coefficient (Wildman–Crippen LogP) is 3.90. The Hall–Kier alpha value is -0.270. The number of hydrogen-bond acceptors (Lipinski definition) is 1. The molecular formula is C11H15Cl2N. The summed E-state index contributed by atoms with van der Waals surface area (Å²) in [6, 6.07) is 2.20. The molecule has 3 heteroatoms. The summed E-state index contributed by atoms with van der Waals surface area (Å²) >= 11 is 5.77. The molecule has 78 valence electrons. The summed E-state index contributed by atoms with van der Waals surface area (Å²) in [5, 5.41) is 0. The van der Waals surface area contributed by atoms with E-state index in [1.807, 2.05) is 12.4 Å². The molecule has 0 unspecified atom stereocenters. The molecule has 0 atom stereocenters. The van der Waals surface area contributed by atoms with E-state index in [4.69, 9.17) is 11.6 Å². The van der Waals surface area contributed by atoms with Crippen LogP contribution in [0, 0.1) is 0 Å². The van der Waals surface area contributed by atoms with Crippen molar-refractivity contribution in [1.29, 1.82) is 0 Å². The van der Waals surface area contributed by atoms with E-state index >= 15 is 0 Å². The first kappa shape index (κ1) is 11.8. The zero-order valence-electron chi connectivity index (χ0n) is 8.08. The second kappa shape index (κ2) is 5.57. The molecule has 1 heterocycles. The lowest BCUT2D eigenvalue weighted by Gasteiger charge is -2.09. The lowest BCUT2D eigenvalue weighted by atomic mass is 9.99. The Morgan fingerprint density at radius 1 is 1.29 bits per heavy atom. The topological polar surface area (TPSA) is 12.9 Å². The molecular weight excluding hydrogens is 217 g/mol. The fourth-order valence-electron chi connectivity index (χ4n) is 2.06. The average molecular weight is 232 g/mol. The molecule has 0 N–H and O–H groups in total. The molecule has 1 saturated carbocycles. The van der Waals surface area contributed by atoms with Crippen LogP contribution in [-0.4, -0.2) is 4.98 Å². The van der Waals surface area contributed by atoms with Crippen LogP contribution in [0.2, 0.25) is 0 Å². The quantitative estimate of drug-likeness (QED) is 0.704. The Bertz CT molecular complexity index is 282. The normalized spacial score (nSPS) is 16.6. The predicted molar refractivity (Wildman–Crippen MR) is 62.3 cm³/mol. The summed E-state index contributed by atoms with van der Waals surface area (Å²) in [6.45, 7) is 0. The summed E-state index contributed by atoms with van der Waals surface area (Å²) in [6.07, 6.45) is 9.24. The molecule has 1 nitrogen and oxygen atoms in total. The zero-order valence-corrected chi connectivity index (χ0v) is 9.65. The van der Waals surface area contributed by atoms with E-state index < -0.39 is 0 Å². The van der Waals surface area contributed by atoms with E-state index in [0.717, 1.165) is 11.5 Å². The third-order valence-corrected chi connectivity index (χ3v) is 3.11. The Morgan fingerprint density at radius 3 is 2.64 bits per heavy atom. The van der Waals surface area contributed by atoms with Crippen molar-refractivity contribution in [3.8, 4) is 0 Å². The van der Waals surface area contributed by atoms with Crippen molar-refractivity contribution in [2.45, 2.75) is 37.5 Å². The number of rotatable bonds is 2. The standard InChI is InChI=1S/C11H14ClN.ClH/c12-6-9-5-11(8-13-7-9)10-3-1-2-4-10;/h5,7-8,10H,1-4,6H2;1H. The van der Waals surface area contributed by atoms with E-state index in [2.05, 4.69) is 11.1 Å². The first-order chi connectivity index (χ1) is 6.40. The molecule has 1 aromatic heterocycles. The van der Waals surface area contributed by atoms with Gasteiger partial charge in [0.2, 0.25) is 0 Å². The summed E-state index contributed by atoms with van der Waals surface area (Å²) in [7, 11) is 0. The van der Waals surface area contributed by atoms with Crippen LogP contribution in [0.15, 0.2) is 18.5 Å². The molecule has 1 aliphatic carbocycles. The highest BCUT2D eigenvalue weighted by Crippen LogP contribution is 2.33. The minimum absolute atomic E-state index is 0. The minimum Gasteiger partial charge on any atom is -0.264 e. The molecule has 0 bridgehead atoms. The Labute approximate surface area is 96.3 Å². The smallest absolute Gasteiger partial charge is 0.0489 e. The van der Waals surface area contributed by atoms with Crippen LogP contribution < -0.4 is 0 Å². The maximum absolute atomic E-state index is 5.77. The highest BCUT2D eigenvalue weighted by atomic mass is 35.5. The van der Waals surface area contributed by atoms with Gasteiger partial charge in [-0.3, -0.25) is 4.98 Å². The highest BCUT2D eigenvalue weighted by Gasteiger charge is 2.17. The lowest BCUT2D eigenvalue weighted by molar-refractivity contribution is 0.718. The van der Waals surface area contributed by atoms with Crippen LogP contribution in [0.25, 0.3) is 0 Å². The lowest BCUT2D eigenvalue weighted by Crippen LogP contribution is -1.94. The van der Waals surface area contributed by atoms with Crippen molar-refractivity contribution in [2.24, 2.45) is 0 Å². The van der Waals surface area contributed by atoms with Gasteiger partial charge in [-0.25, -0.2) is 0 Å². The van der Waals surface area contributed by atoms with Crippen molar-refractivity contribution in [3.05, 3.63) is 29.6 Å². The second-order valence-corrected chi connectivity index (χ2v) is 4.01. The number of aromatic nitrogens is 1. The van der Waals surface area contributed by atoms with Crippen LogP contribution in [0.1, 0.15) is 42.7 Å². The fraction of sp³-hybridized carbons (Fsp3) is 0.545. The number of pyridine rings is 1. The van der Waals surface area contributed by atoms with Gasteiger partial charge in [0.15, 0.2) is 0 Å². The van der Waals surface area contributed by atoms with Gasteiger partial charge in [0.05, 0.1) is 0 Å². The van der Waals surface area contributed by atoms with Crippen LogP contribution >= 0.6 is 24.0 Å². The van der Waals surface area contributed by atoms with Gasteiger partial charge in [0, 0.05) is 18.3 Å². The largest absolute Gasteiger partial charge is 0.264 e. The van der Waals surface area contributed by atoms with Crippen LogP contribution in [0.3, 0.4) is 0 Å². The van der Waals surface area contributed by atoms with Gasteiger partial charge in [-0.2, -0.15) is 0 Å². The van der Waals surface area contributed by atoms with Crippen LogP contribution in [0.4, 0.5) is 0 Å². The maximum atomic E-state index is 5.77. The first-order valence-corrected chi connectivity index (χ1v) is 5.43. The molecule has 0 aliphatic heterocycles. The van der Waals surface area contributed by atoms with Gasteiger partial charge in [0.25, 0.3) is 0 Å². The Kier molecular flexibility index (Phi) is 4.70. The Balaban J connectivity index is 0.000000980. The van der Waals surface area contributed by atoms with Gasteiger partial charge in [-0.05, 0) is 29.9 Å². The van der Waals surface area contributed by atoms with Gasteiger partial charge < -0.3 is 0 Å². The first-order valence-electron chi connectivity index (χ1n) is 4.90. The summed E-state index contributed by atoms with van der Waals surface area (Å²) in [5.74, 6) is 1.32. The van der Waals surface area contributed by atoms with E-state index in [1.54, 1.807) is 0 Å². The summed E-state index contributed by atoms with van der Waals surface area (Å²) in [5.41, 5.74) is 2.53. The Morgan fingerprint density at radius 2 is 2.00 bits per heavy atom. The van der Waals surface area contributed by atoms with E-state index in [0.29, 0.717) is 5.88 Å². The van der Waals surface area contributed by atoms with Crippen LogP contribution in [-0.2, 0) is 5.88 Å². The van der Waals surface area contributed by atoms with E-state index in [-0.39, 0.29) is 12.4 Å². The molecule has 0 aromatic carbocycles. The zero-order chi connectivity index (χ0) is 9.10. The van der Waals surface area contributed by atoms with Crippen molar-refractivity contribution in [2.75, 3.05) is 0 Å². The molecule has 0 radical (unpaired) electrons. The molecule has 1 aromatic rings. The van der Waals surface area contributed by atoms with Crippen molar-refractivity contribution in [1.82, 2.24) is 4.98 Å². The molecule has 1 aliphatic rings. The number of hydrogen-bond donors (Lipinski definition) is 0. The van der Waals surface area contributed by atoms with E-state index in [9.17, 15) is 0 Å². The van der Waals surface area contributed by atoms with Gasteiger partial charge >= 0.3 is 0 Å². The fourth-order valence-corrected chi connectivity index (χ4v) is 2.21. The number of nitrogens with zero attached hydrogens (tertiary/aromatic N) is 1. The number of alkyl halides is 1. The second-order valence-electron chi connectivity index (χ2n) is 3.74. The van der Waals surface area contributed by atoms with Gasteiger partial charge in [-0.15, -0.1) is 24.0 Å². The van der Waals surface area contributed by atoms with Gasteiger partial charge in [0.1, 0.15) is 0 Å². The molecule has 0 amide bonds. The highest BCUT2D eigenvalue weighted by molar-refractivity contribution is 6.17. The monoisotopic (exact) mass is 231 g/mol. The SMILES string of the molecule is Cl.ClCc1cncc(C2CCCC2)c1. The summed E-state index contributed by atoms with van der Waals surface area (Å²) < 4.78 is 0. The molecule has 2 rings (SSSR count). The number of halogens is 2. The van der Waals surface area contributed by atoms with Crippen molar-refractivity contribution < 1.29 is 0 Å². The van der Waals surface area contributed by atoms with Crippen molar-refractivity contribution >= 4 is 24.0 Å². The molecule has 1 fully saturated rings. The molecule has 0 saturated heterocycles. The van der Waals surface area contributed by atoms with Crippen LogP contribution in [0.5, 0.6) is 0 Å². The van der Waals surface area contributed by atoms with Gasteiger partial charge in [-0.1, -0.05) is 18.9 Å². The third-order valence-electron chi connectivity index (χ3n) is 2.80. The summed E-state index contributed by atoms with van der Waals surface area (Å²) in [4.78, 5) is 4.22. The average Bonchev–Trinajstić information content (AvgIpc) is 2.71.